The topological polar surface area (TPSA) is 38.8 Å². The molecule has 0 saturated carbocycles. The summed E-state index contributed by atoms with van der Waals surface area (Å²) in [6, 6.07) is 16.1. The number of likely N-dealkylation sites (tertiary alicyclic amines) is 1. The van der Waals surface area contributed by atoms with E-state index in [1.165, 1.54) is 5.56 Å². The Balaban J connectivity index is 1.62. The number of aryl methyl sites for hydroxylation is 2. The van der Waals surface area contributed by atoms with E-state index in [9.17, 15) is 4.79 Å². The van der Waals surface area contributed by atoms with Gasteiger partial charge < -0.3 is 14.4 Å². The molecule has 1 amide bonds. The zero-order chi connectivity index (χ0) is 20.0. The number of amides is 1. The Kier molecular flexibility index (Phi) is 6.38. The lowest BCUT2D eigenvalue weighted by Gasteiger charge is -2.50. The van der Waals surface area contributed by atoms with Gasteiger partial charge in [0.25, 0.3) is 0 Å². The first-order valence-electron chi connectivity index (χ1n) is 9.58. The Morgan fingerprint density at radius 1 is 1.14 bits per heavy atom. The predicted molar refractivity (Wildman–Crippen MR) is 110 cm³/mol. The largest absolute Gasteiger partial charge is 0.497 e. The summed E-state index contributed by atoms with van der Waals surface area (Å²) in [6.45, 7) is 5.41. The maximum atomic E-state index is 12.7. The molecule has 1 fully saturated rings. The average molecular weight is 377 g/mol. The van der Waals surface area contributed by atoms with Crippen LogP contribution in [-0.4, -0.2) is 37.6 Å². The number of nitrogens with zero attached hydrogens (tertiary/aromatic N) is 1. The molecule has 0 radical (unpaired) electrons. The van der Waals surface area contributed by atoms with Crippen LogP contribution in [0.3, 0.4) is 0 Å². The fourth-order valence-electron chi connectivity index (χ4n) is 3.62. The van der Waals surface area contributed by atoms with Crippen molar-refractivity contribution in [2.24, 2.45) is 0 Å². The summed E-state index contributed by atoms with van der Waals surface area (Å²) in [7, 11) is 1.65. The van der Waals surface area contributed by atoms with Gasteiger partial charge in [0.05, 0.1) is 20.2 Å². The van der Waals surface area contributed by atoms with Crippen LogP contribution < -0.4 is 4.74 Å². The molecule has 1 saturated heterocycles. The molecular weight excluding hydrogens is 350 g/mol. The second-order valence-corrected chi connectivity index (χ2v) is 7.12. The lowest BCUT2D eigenvalue weighted by Crippen LogP contribution is -2.62. The third-order valence-corrected chi connectivity index (χ3v) is 5.27. The van der Waals surface area contributed by atoms with Gasteiger partial charge in [-0.3, -0.25) is 4.79 Å². The van der Waals surface area contributed by atoms with Crippen LogP contribution in [0.4, 0.5) is 0 Å². The van der Waals surface area contributed by atoms with E-state index in [1.54, 1.807) is 14.0 Å². The van der Waals surface area contributed by atoms with Crippen molar-refractivity contribution >= 4 is 5.91 Å². The molecule has 0 bridgehead atoms. The van der Waals surface area contributed by atoms with Crippen molar-refractivity contribution in [2.45, 2.75) is 32.3 Å². The molecule has 146 valence electrons. The van der Waals surface area contributed by atoms with Gasteiger partial charge in [-0.15, -0.1) is 5.92 Å². The zero-order valence-electron chi connectivity index (χ0n) is 16.8. The first kappa shape index (κ1) is 20.0. The van der Waals surface area contributed by atoms with Crippen LogP contribution in [0.25, 0.3) is 0 Å². The van der Waals surface area contributed by atoms with Crippen LogP contribution in [0.2, 0.25) is 0 Å². The van der Waals surface area contributed by atoms with E-state index in [2.05, 4.69) is 30.9 Å². The highest BCUT2D eigenvalue weighted by Crippen LogP contribution is 2.38. The maximum Gasteiger partial charge on any atom is 0.223 e. The minimum atomic E-state index is -0.453. The van der Waals surface area contributed by atoms with E-state index in [0.29, 0.717) is 26.1 Å². The number of ether oxygens (including phenoxy) is 2. The van der Waals surface area contributed by atoms with Crippen molar-refractivity contribution in [3.63, 3.8) is 0 Å². The fourth-order valence-corrected chi connectivity index (χ4v) is 3.62. The van der Waals surface area contributed by atoms with Gasteiger partial charge in [-0.05, 0) is 49.1 Å². The molecule has 0 aliphatic carbocycles. The third kappa shape index (κ3) is 4.37. The molecule has 3 rings (SSSR count). The minimum Gasteiger partial charge on any atom is -0.497 e. The summed E-state index contributed by atoms with van der Waals surface area (Å²) >= 11 is 0. The number of methoxy groups -OCH3 is 1. The van der Waals surface area contributed by atoms with E-state index in [0.717, 1.165) is 23.3 Å². The quantitative estimate of drug-likeness (QED) is 0.691. The van der Waals surface area contributed by atoms with Crippen molar-refractivity contribution in [2.75, 3.05) is 26.8 Å². The molecule has 0 aromatic heterocycles. The molecule has 4 heteroatoms. The number of carbonyl (C=O) groups is 1. The SMILES string of the molecule is CC#CCOC1(c2ccccc2C)CN(C(=O)CCc2ccc(OC)cc2)C1. The van der Waals surface area contributed by atoms with E-state index in [-0.39, 0.29) is 5.91 Å². The van der Waals surface area contributed by atoms with Gasteiger partial charge in [0.15, 0.2) is 0 Å². The fraction of sp³-hybridized carbons (Fsp3) is 0.375. The molecule has 28 heavy (non-hydrogen) atoms. The first-order valence-corrected chi connectivity index (χ1v) is 9.58. The summed E-state index contributed by atoms with van der Waals surface area (Å²) < 4.78 is 11.3. The molecular formula is C24H27NO3. The van der Waals surface area contributed by atoms with Gasteiger partial charge in [0.1, 0.15) is 18.0 Å². The summed E-state index contributed by atoms with van der Waals surface area (Å²) in [5.41, 5.74) is 3.00. The molecule has 1 aliphatic rings. The molecule has 0 N–H and O–H groups in total. The highest BCUT2D eigenvalue weighted by Gasteiger charge is 2.48. The van der Waals surface area contributed by atoms with Crippen molar-refractivity contribution < 1.29 is 14.3 Å². The van der Waals surface area contributed by atoms with Crippen LogP contribution in [0, 0.1) is 18.8 Å². The summed E-state index contributed by atoms with van der Waals surface area (Å²) in [5, 5.41) is 0. The number of benzene rings is 2. The Bertz CT molecular complexity index is 871. The smallest absolute Gasteiger partial charge is 0.223 e. The molecule has 1 aliphatic heterocycles. The summed E-state index contributed by atoms with van der Waals surface area (Å²) in [4.78, 5) is 14.6. The van der Waals surface area contributed by atoms with Crippen LogP contribution >= 0.6 is 0 Å². The van der Waals surface area contributed by atoms with Gasteiger partial charge in [0, 0.05) is 6.42 Å². The Hall–Kier alpha value is -2.77. The highest BCUT2D eigenvalue weighted by molar-refractivity contribution is 5.78. The van der Waals surface area contributed by atoms with Crippen LogP contribution in [0.1, 0.15) is 30.0 Å². The van der Waals surface area contributed by atoms with Crippen molar-refractivity contribution in [3.05, 3.63) is 65.2 Å². The second kappa shape index (κ2) is 8.95. The molecule has 0 atom stereocenters. The van der Waals surface area contributed by atoms with Crippen molar-refractivity contribution in [1.82, 2.24) is 4.90 Å². The van der Waals surface area contributed by atoms with E-state index >= 15 is 0 Å². The lowest BCUT2D eigenvalue weighted by molar-refractivity contribution is -0.168. The first-order chi connectivity index (χ1) is 13.6. The Morgan fingerprint density at radius 2 is 1.86 bits per heavy atom. The average Bonchev–Trinajstić information content (AvgIpc) is 2.69. The number of carbonyl (C=O) groups excluding carboxylic acids is 1. The molecule has 1 heterocycles. The van der Waals surface area contributed by atoms with Crippen LogP contribution in [0.15, 0.2) is 48.5 Å². The number of hydrogen-bond acceptors (Lipinski definition) is 3. The number of rotatable bonds is 7. The van der Waals surface area contributed by atoms with Gasteiger partial charge in [-0.25, -0.2) is 0 Å². The molecule has 4 nitrogen and oxygen atoms in total. The summed E-state index contributed by atoms with van der Waals surface area (Å²) in [5.74, 6) is 6.83. The Morgan fingerprint density at radius 3 is 2.50 bits per heavy atom. The normalized spacial score (nSPS) is 14.6. The molecule has 0 unspecified atom stereocenters. The second-order valence-electron chi connectivity index (χ2n) is 7.12. The predicted octanol–water partition coefficient (Wildman–Crippen LogP) is 3.71. The lowest BCUT2D eigenvalue weighted by atomic mass is 9.83. The number of hydrogen-bond donors (Lipinski definition) is 0. The van der Waals surface area contributed by atoms with Gasteiger partial charge in [-0.1, -0.05) is 42.3 Å². The zero-order valence-corrected chi connectivity index (χ0v) is 16.8. The van der Waals surface area contributed by atoms with Gasteiger partial charge in [-0.2, -0.15) is 0 Å². The maximum absolute atomic E-state index is 12.7. The van der Waals surface area contributed by atoms with Crippen molar-refractivity contribution in [3.8, 4) is 17.6 Å². The minimum absolute atomic E-state index is 0.158. The monoisotopic (exact) mass is 377 g/mol. The van der Waals surface area contributed by atoms with E-state index < -0.39 is 5.60 Å². The highest BCUT2D eigenvalue weighted by atomic mass is 16.5. The Labute approximate surface area is 167 Å². The summed E-state index contributed by atoms with van der Waals surface area (Å²) in [6.07, 6.45) is 1.21. The van der Waals surface area contributed by atoms with Crippen molar-refractivity contribution in [1.29, 1.82) is 0 Å². The van der Waals surface area contributed by atoms with Gasteiger partial charge in [0.2, 0.25) is 5.91 Å². The van der Waals surface area contributed by atoms with Crippen LogP contribution in [-0.2, 0) is 21.6 Å². The standard InChI is InChI=1S/C24H27NO3/c1-4-5-16-28-24(22-9-7-6-8-19(22)2)17-25(18-24)23(26)15-12-20-10-13-21(27-3)14-11-20/h6-11,13-14H,12,15-18H2,1-3H3. The molecule has 2 aromatic rings. The molecule has 2 aromatic carbocycles. The van der Waals surface area contributed by atoms with E-state index in [4.69, 9.17) is 9.47 Å². The van der Waals surface area contributed by atoms with Crippen LogP contribution in [0.5, 0.6) is 5.75 Å². The third-order valence-electron chi connectivity index (χ3n) is 5.27. The van der Waals surface area contributed by atoms with E-state index in [1.807, 2.05) is 41.3 Å². The molecule has 0 spiro atoms. The van der Waals surface area contributed by atoms with Gasteiger partial charge >= 0.3 is 0 Å².